The first-order chi connectivity index (χ1) is 11.4. The van der Waals surface area contributed by atoms with E-state index in [-0.39, 0.29) is 39.9 Å². The minimum Gasteiger partial charge on any atom is -0.494 e. The molecule has 124 valence electrons. The van der Waals surface area contributed by atoms with Gasteiger partial charge in [0, 0.05) is 35.6 Å². The first-order valence-electron chi connectivity index (χ1n) is 7.53. The van der Waals surface area contributed by atoms with Crippen molar-refractivity contribution < 1.29 is 19.9 Å². The Balaban J connectivity index is 1.93. The normalized spacial score (nSPS) is 21.8. The summed E-state index contributed by atoms with van der Waals surface area (Å²) in [6.45, 7) is 0. The van der Waals surface area contributed by atoms with Crippen molar-refractivity contribution in [2.24, 2.45) is 0 Å². The number of ketones is 1. The Bertz CT molecular complexity index is 904. The van der Waals surface area contributed by atoms with E-state index in [1.165, 1.54) is 16.7 Å². The zero-order valence-corrected chi connectivity index (χ0v) is 13.2. The van der Waals surface area contributed by atoms with Crippen molar-refractivity contribution in [3.8, 4) is 17.4 Å². The fourth-order valence-corrected chi connectivity index (χ4v) is 4.17. The van der Waals surface area contributed by atoms with Crippen molar-refractivity contribution in [3.05, 3.63) is 44.5 Å². The lowest BCUT2D eigenvalue weighted by Gasteiger charge is -2.34. The van der Waals surface area contributed by atoms with Gasteiger partial charge in [0.15, 0.2) is 0 Å². The third-order valence-electron chi connectivity index (χ3n) is 4.98. The molecular weight excluding hydrogens is 336 g/mol. The minimum atomic E-state index is -0.574. The first-order valence-corrected chi connectivity index (χ1v) is 7.91. The zero-order chi connectivity index (χ0) is 17.2. The van der Waals surface area contributed by atoms with Gasteiger partial charge in [0.1, 0.15) is 5.78 Å². The van der Waals surface area contributed by atoms with Crippen LogP contribution in [0.2, 0.25) is 5.02 Å². The number of benzene rings is 1. The molecule has 0 spiro atoms. The number of nitro groups is 1. The summed E-state index contributed by atoms with van der Waals surface area (Å²) < 4.78 is 1.17. The lowest BCUT2D eigenvalue weighted by molar-refractivity contribution is -0.384. The summed E-state index contributed by atoms with van der Waals surface area (Å²) in [5.74, 6) is -0.821. The molecule has 8 heteroatoms. The van der Waals surface area contributed by atoms with E-state index in [0.717, 1.165) is 12.5 Å². The number of halogens is 1. The van der Waals surface area contributed by atoms with Crippen LogP contribution in [0.3, 0.4) is 0 Å². The molecule has 0 aliphatic heterocycles. The summed E-state index contributed by atoms with van der Waals surface area (Å²) in [6, 6.07) is 3.78. The molecule has 0 saturated heterocycles. The molecule has 0 unspecified atom stereocenters. The van der Waals surface area contributed by atoms with Gasteiger partial charge in [-0.3, -0.25) is 14.9 Å². The average Bonchev–Trinajstić information content (AvgIpc) is 2.81. The van der Waals surface area contributed by atoms with Crippen molar-refractivity contribution in [2.75, 3.05) is 0 Å². The predicted octanol–water partition coefficient (Wildman–Crippen LogP) is 3.38. The summed E-state index contributed by atoms with van der Waals surface area (Å²) >= 11 is 6.12. The highest BCUT2D eigenvalue weighted by molar-refractivity contribution is 6.32. The number of hydrogen-bond donors (Lipinski definition) is 2. The fourth-order valence-electron chi connectivity index (χ4n) is 3.91. The number of aromatic hydroxyl groups is 2. The molecule has 1 fully saturated rings. The van der Waals surface area contributed by atoms with E-state index in [1.54, 1.807) is 0 Å². The highest BCUT2D eigenvalue weighted by atomic mass is 35.5. The van der Waals surface area contributed by atoms with Gasteiger partial charge in [-0.05, 0) is 24.8 Å². The van der Waals surface area contributed by atoms with Crippen LogP contribution in [0, 0.1) is 10.1 Å². The van der Waals surface area contributed by atoms with Crippen molar-refractivity contribution in [2.45, 2.75) is 31.1 Å². The van der Waals surface area contributed by atoms with Crippen molar-refractivity contribution in [1.29, 1.82) is 0 Å². The number of non-ortho nitro benzene ring substituents is 1. The number of nitro benzene ring substituents is 1. The van der Waals surface area contributed by atoms with E-state index in [9.17, 15) is 25.1 Å². The average molecular weight is 349 g/mol. The second-order valence-corrected chi connectivity index (χ2v) is 6.61. The Morgan fingerprint density at radius 3 is 2.54 bits per heavy atom. The van der Waals surface area contributed by atoms with Gasteiger partial charge in [-0.1, -0.05) is 11.6 Å². The summed E-state index contributed by atoms with van der Waals surface area (Å²) in [5, 5.41) is 32.1. The summed E-state index contributed by atoms with van der Waals surface area (Å²) in [6.07, 6.45) is 1.80. The van der Waals surface area contributed by atoms with Gasteiger partial charge < -0.3 is 10.2 Å². The smallest absolute Gasteiger partial charge is 0.271 e. The summed E-state index contributed by atoms with van der Waals surface area (Å²) in [4.78, 5) is 22.4. The molecule has 1 heterocycles. The SMILES string of the molecule is O=C1C[C@@H]2CC[C@H]1c1c2c(O)n(-c2ccc([N+](=O)[O-])cc2Cl)c1O. The van der Waals surface area contributed by atoms with E-state index in [0.29, 0.717) is 24.0 Å². The van der Waals surface area contributed by atoms with Crippen LogP contribution in [0.15, 0.2) is 18.2 Å². The molecule has 7 nitrogen and oxygen atoms in total. The van der Waals surface area contributed by atoms with Gasteiger partial charge in [0.2, 0.25) is 11.8 Å². The van der Waals surface area contributed by atoms with Gasteiger partial charge >= 0.3 is 0 Å². The van der Waals surface area contributed by atoms with E-state index >= 15 is 0 Å². The van der Waals surface area contributed by atoms with Gasteiger partial charge in [-0.25, -0.2) is 4.57 Å². The molecule has 1 saturated carbocycles. The molecular formula is C16H13ClN2O5. The van der Waals surface area contributed by atoms with Crippen LogP contribution >= 0.6 is 11.6 Å². The number of fused-ring (bicyclic) bond motifs is 2. The third-order valence-corrected chi connectivity index (χ3v) is 5.28. The molecule has 0 amide bonds. The number of Topliss-reactive ketones (excluding diaryl/α,β-unsaturated/α-hetero) is 1. The van der Waals surface area contributed by atoms with Crippen molar-refractivity contribution >= 4 is 23.1 Å². The molecule has 2 N–H and O–H groups in total. The molecule has 1 aromatic heterocycles. The number of rotatable bonds is 2. The molecule has 1 aromatic carbocycles. The standard InChI is InChI=1S/C16H13ClN2O5/c17-10-6-8(19(23)24)2-4-11(10)18-15(21)13-7-1-3-9(12(20)5-7)14(13)16(18)22/h2,4,6-7,9,21-22H,1,3,5H2/t7-,9+/m0/s1. The monoisotopic (exact) mass is 348 g/mol. The molecule has 24 heavy (non-hydrogen) atoms. The maximum Gasteiger partial charge on any atom is 0.271 e. The molecule has 2 atom stereocenters. The lowest BCUT2D eigenvalue weighted by Crippen LogP contribution is -2.28. The number of aromatic nitrogens is 1. The molecule has 5 rings (SSSR count). The predicted molar refractivity (Wildman–Crippen MR) is 85.1 cm³/mol. The lowest BCUT2D eigenvalue weighted by atomic mass is 9.67. The van der Waals surface area contributed by atoms with E-state index < -0.39 is 10.8 Å². The van der Waals surface area contributed by atoms with Crippen LogP contribution < -0.4 is 0 Å². The van der Waals surface area contributed by atoms with Crippen LogP contribution in [-0.4, -0.2) is 25.5 Å². The molecule has 3 aliphatic rings. The Hall–Kier alpha value is -2.54. The van der Waals surface area contributed by atoms with Crippen LogP contribution in [0.5, 0.6) is 11.8 Å². The number of carbonyl (C=O) groups excluding carboxylic acids is 1. The number of carbonyl (C=O) groups is 1. The van der Waals surface area contributed by atoms with E-state index in [2.05, 4.69) is 0 Å². The maximum atomic E-state index is 12.1. The Morgan fingerprint density at radius 1 is 1.21 bits per heavy atom. The first kappa shape index (κ1) is 15.0. The summed E-state index contributed by atoms with van der Waals surface area (Å²) in [5.41, 5.74) is 1.11. The molecule has 3 aliphatic carbocycles. The Labute approximate surface area is 141 Å². The topological polar surface area (TPSA) is 106 Å². The largest absolute Gasteiger partial charge is 0.494 e. The molecule has 0 radical (unpaired) electrons. The third kappa shape index (κ3) is 1.88. The Kier molecular flexibility index (Phi) is 3.11. The van der Waals surface area contributed by atoms with Crippen LogP contribution in [-0.2, 0) is 4.79 Å². The quantitative estimate of drug-likeness (QED) is 0.639. The molecule has 2 aromatic rings. The highest BCUT2D eigenvalue weighted by Crippen LogP contribution is 2.56. The second-order valence-electron chi connectivity index (χ2n) is 6.20. The van der Waals surface area contributed by atoms with Gasteiger partial charge in [0.25, 0.3) is 5.69 Å². The van der Waals surface area contributed by atoms with E-state index in [4.69, 9.17) is 11.6 Å². The Morgan fingerprint density at radius 2 is 1.92 bits per heavy atom. The number of nitrogens with zero attached hydrogens (tertiary/aromatic N) is 2. The zero-order valence-electron chi connectivity index (χ0n) is 12.4. The number of hydrogen-bond acceptors (Lipinski definition) is 5. The minimum absolute atomic E-state index is 0.0285. The van der Waals surface area contributed by atoms with Gasteiger partial charge in [-0.2, -0.15) is 0 Å². The van der Waals surface area contributed by atoms with Crippen molar-refractivity contribution in [1.82, 2.24) is 4.57 Å². The maximum absolute atomic E-state index is 12.1. The van der Waals surface area contributed by atoms with Crippen LogP contribution in [0.25, 0.3) is 5.69 Å². The van der Waals surface area contributed by atoms with E-state index in [1.807, 2.05) is 0 Å². The fraction of sp³-hybridized carbons (Fsp3) is 0.312. The van der Waals surface area contributed by atoms with Crippen LogP contribution in [0.4, 0.5) is 5.69 Å². The van der Waals surface area contributed by atoms with Crippen molar-refractivity contribution in [3.63, 3.8) is 0 Å². The summed E-state index contributed by atoms with van der Waals surface area (Å²) in [7, 11) is 0. The van der Waals surface area contributed by atoms with Crippen LogP contribution in [0.1, 0.15) is 42.2 Å². The molecule has 2 bridgehead atoms. The van der Waals surface area contributed by atoms with Gasteiger partial charge in [-0.15, -0.1) is 0 Å². The highest BCUT2D eigenvalue weighted by Gasteiger charge is 2.45. The van der Waals surface area contributed by atoms with Gasteiger partial charge in [0.05, 0.1) is 15.6 Å². The second kappa shape index (κ2) is 4.98.